The number of imidazole rings is 1. The molecule has 0 bridgehead atoms. The molecule has 0 spiro atoms. The number of hydrogen-bond donors (Lipinski definition) is 3. The highest BCUT2D eigenvalue weighted by molar-refractivity contribution is 5.84. The standard InChI is InChI=1S/C13H17N9O2/c14-13-18-11(17-6-1-2-6)10-12(19-13)22(5-16-10)9-3-7(20-21-15)8(4-23)24-9/h5-9,23H,1-4H2,(H3,14,17,18,19)/t7-,8+,9+/m0/s1. The molecule has 24 heavy (non-hydrogen) atoms. The van der Waals surface area contributed by atoms with E-state index in [1.807, 2.05) is 0 Å². The third kappa shape index (κ3) is 2.58. The van der Waals surface area contributed by atoms with E-state index in [9.17, 15) is 5.11 Å². The van der Waals surface area contributed by atoms with Gasteiger partial charge in [-0.15, -0.1) is 0 Å². The molecule has 2 aromatic heterocycles. The van der Waals surface area contributed by atoms with Crippen LogP contribution in [0.2, 0.25) is 0 Å². The summed E-state index contributed by atoms with van der Waals surface area (Å²) < 4.78 is 7.53. The minimum absolute atomic E-state index is 0.149. The van der Waals surface area contributed by atoms with Crippen LogP contribution < -0.4 is 11.1 Å². The van der Waals surface area contributed by atoms with Crippen molar-refractivity contribution in [1.82, 2.24) is 19.5 Å². The second kappa shape index (κ2) is 5.78. The fourth-order valence-electron chi connectivity index (χ4n) is 2.90. The van der Waals surface area contributed by atoms with Crippen LogP contribution in [0.4, 0.5) is 11.8 Å². The van der Waals surface area contributed by atoms with E-state index in [0.717, 1.165) is 12.8 Å². The van der Waals surface area contributed by atoms with Gasteiger partial charge in [0.2, 0.25) is 5.95 Å². The van der Waals surface area contributed by atoms with E-state index < -0.39 is 18.4 Å². The van der Waals surface area contributed by atoms with E-state index in [1.165, 1.54) is 0 Å². The SMILES string of the molecule is [N-]=[N+]=N[C@H]1C[C@H](n2cnc3c(NC4CC4)nc(N)nc32)O[C@@H]1CO. The number of azide groups is 1. The molecule has 2 fully saturated rings. The number of nitrogens with zero attached hydrogens (tertiary/aromatic N) is 7. The average molecular weight is 331 g/mol. The second-order valence-corrected chi connectivity index (χ2v) is 5.99. The summed E-state index contributed by atoms with van der Waals surface area (Å²) in [4.78, 5) is 15.7. The van der Waals surface area contributed by atoms with Crippen LogP contribution in [0, 0.1) is 0 Å². The molecule has 126 valence electrons. The number of anilines is 2. The van der Waals surface area contributed by atoms with Crippen LogP contribution in [-0.4, -0.2) is 49.4 Å². The highest BCUT2D eigenvalue weighted by Gasteiger charge is 2.36. The lowest BCUT2D eigenvalue weighted by Gasteiger charge is -2.14. The molecule has 0 aromatic carbocycles. The maximum absolute atomic E-state index is 9.40. The lowest BCUT2D eigenvalue weighted by Crippen LogP contribution is -2.22. The molecule has 1 aliphatic heterocycles. The Morgan fingerprint density at radius 1 is 1.50 bits per heavy atom. The first kappa shape index (κ1) is 14.9. The summed E-state index contributed by atoms with van der Waals surface area (Å²) in [5.74, 6) is 0.762. The van der Waals surface area contributed by atoms with Crippen LogP contribution in [0.15, 0.2) is 11.4 Å². The fourth-order valence-corrected chi connectivity index (χ4v) is 2.90. The number of aliphatic hydroxyl groups excluding tert-OH is 1. The van der Waals surface area contributed by atoms with Crippen molar-refractivity contribution in [3.8, 4) is 0 Å². The second-order valence-electron chi connectivity index (χ2n) is 5.99. The molecule has 1 saturated carbocycles. The number of hydrogen-bond acceptors (Lipinski definition) is 8. The van der Waals surface area contributed by atoms with Gasteiger partial charge in [-0.25, -0.2) is 4.98 Å². The van der Waals surface area contributed by atoms with Gasteiger partial charge in [0.1, 0.15) is 6.23 Å². The Morgan fingerprint density at radius 3 is 3.04 bits per heavy atom. The molecule has 3 atom stereocenters. The van der Waals surface area contributed by atoms with Crippen molar-refractivity contribution in [1.29, 1.82) is 0 Å². The first-order valence-corrected chi connectivity index (χ1v) is 7.76. The monoisotopic (exact) mass is 331 g/mol. The number of ether oxygens (including phenoxy) is 1. The number of rotatable bonds is 5. The molecule has 2 aliphatic rings. The van der Waals surface area contributed by atoms with Gasteiger partial charge in [-0.05, 0) is 18.4 Å². The lowest BCUT2D eigenvalue weighted by molar-refractivity contribution is -0.0232. The maximum atomic E-state index is 9.40. The molecule has 0 unspecified atom stereocenters. The summed E-state index contributed by atoms with van der Waals surface area (Å²) in [5.41, 5.74) is 15.6. The van der Waals surface area contributed by atoms with E-state index in [4.69, 9.17) is 16.0 Å². The molecule has 4 rings (SSSR count). The van der Waals surface area contributed by atoms with Crippen molar-refractivity contribution in [2.45, 2.75) is 43.7 Å². The van der Waals surface area contributed by atoms with Gasteiger partial charge in [0.05, 0.1) is 25.1 Å². The number of aliphatic hydroxyl groups is 1. The highest BCUT2D eigenvalue weighted by atomic mass is 16.5. The molecule has 11 heteroatoms. The van der Waals surface area contributed by atoms with Crippen LogP contribution in [-0.2, 0) is 4.74 Å². The van der Waals surface area contributed by atoms with Gasteiger partial charge in [-0.3, -0.25) is 4.57 Å². The Bertz CT molecular complexity index is 811. The summed E-state index contributed by atoms with van der Waals surface area (Å²) in [6.07, 6.45) is 3.25. The molecule has 0 amide bonds. The van der Waals surface area contributed by atoms with Gasteiger partial charge in [0, 0.05) is 17.4 Å². The summed E-state index contributed by atoms with van der Waals surface area (Å²) in [6.45, 7) is -0.224. The number of fused-ring (bicyclic) bond motifs is 1. The Morgan fingerprint density at radius 2 is 2.33 bits per heavy atom. The molecule has 3 heterocycles. The summed E-state index contributed by atoms with van der Waals surface area (Å²) >= 11 is 0. The van der Waals surface area contributed by atoms with E-state index in [0.29, 0.717) is 29.4 Å². The molecule has 1 saturated heterocycles. The van der Waals surface area contributed by atoms with Gasteiger partial charge in [0.15, 0.2) is 17.0 Å². The number of aromatic nitrogens is 4. The topological polar surface area (TPSA) is 160 Å². The number of nitrogens with one attached hydrogen (secondary N) is 1. The number of nitrogen functional groups attached to an aromatic ring is 1. The van der Waals surface area contributed by atoms with E-state index in [2.05, 4.69) is 30.3 Å². The molecule has 11 nitrogen and oxygen atoms in total. The van der Waals surface area contributed by atoms with E-state index >= 15 is 0 Å². The van der Waals surface area contributed by atoms with Crippen molar-refractivity contribution in [3.63, 3.8) is 0 Å². The van der Waals surface area contributed by atoms with Gasteiger partial charge < -0.3 is 20.9 Å². The zero-order chi connectivity index (χ0) is 16.7. The average Bonchev–Trinajstić information content (AvgIpc) is 3.13. The van der Waals surface area contributed by atoms with Crippen LogP contribution in [0.5, 0.6) is 0 Å². The van der Waals surface area contributed by atoms with Gasteiger partial charge in [-0.1, -0.05) is 5.11 Å². The van der Waals surface area contributed by atoms with Crippen molar-refractivity contribution in [3.05, 3.63) is 16.8 Å². The number of nitrogens with two attached hydrogens (primary N) is 1. The van der Waals surface area contributed by atoms with Crippen LogP contribution >= 0.6 is 0 Å². The molecule has 0 radical (unpaired) electrons. The van der Waals surface area contributed by atoms with Crippen LogP contribution in [0.1, 0.15) is 25.5 Å². The predicted octanol–water partition coefficient (Wildman–Crippen LogP) is 0.942. The van der Waals surface area contributed by atoms with Gasteiger partial charge in [0.25, 0.3) is 0 Å². The summed E-state index contributed by atoms with van der Waals surface area (Å²) in [7, 11) is 0. The van der Waals surface area contributed by atoms with Gasteiger partial charge in [-0.2, -0.15) is 9.97 Å². The fraction of sp³-hybridized carbons (Fsp3) is 0.615. The Labute approximate surface area is 136 Å². The summed E-state index contributed by atoms with van der Waals surface area (Å²) in [6, 6.07) is -0.0332. The Kier molecular flexibility index (Phi) is 3.60. The first-order valence-electron chi connectivity index (χ1n) is 7.76. The quantitative estimate of drug-likeness (QED) is 0.417. The molecule has 1 aliphatic carbocycles. The minimum Gasteiger partial charge on any atom is -0.394 e. The molecule has 4 N–H and O–H groups in total. The van der Waals surface area contributed by atoms with Crippen LogP contribution in [0.3, 0.4) is 0 Å². The lowest BCUT2D eigenvalue weighted by atomic mass is 10.1. The zero-order valence-corrected chi connectivity index (χ0v) is 12.8. The normalized spacial score (nSPS) is 26.5. The molecule has 2 aromatic rings. The largest absolute Gasteiger partial charge is 0.394 e. The van der Waals surface area contributed by atoms with E-state index in [1.54, 1.807) is 10.9 Å². The third-order valence-electron chi connectivity index (χ3n) is 4.25. The zero-order valence-electron chi connectivity index (χ0n) is 12.8. The smallest absolute Gasteiger partial charge is 0.224 e. The van der Waals surface area contributed by atoms with Crippen molar-refractivity contribution >= 4 is 22.9 Å². The Hall–Kier alpha value is -2.62. The molecular weight excluding hydrogens is 314 g/mol. The minimum atomic E-state index is -0.549. The third-order valence-corrected chi connectivity index (χ3v) is 4.25. The highest BCUT2D eigenvalue weighted by Crippen LogP contribution is 2.34. The van der Waals surface area contributed by atoms with Crippen LogP contribution in [0.25, 0.3) is 21.6 Å². The van der Waals surface area contributed by atoms with Crippen molar-refractivity contribution in [2.75, 3.05) is 17.7 Å². The molecular formula is C13H17N9O2. The van der Waals surface area contributed by atoms with Gasteiger partial charge >= 0.3 is 0 Å². The Balaban J connectivity index is 1.69. The first-order chi connectivity index (χ1) is 11.7. The maximum Gasteiger partial charge on any atom is 0.224 e. The summed E-state index contributed by atoms with van der Waals surface area (Å²) in [5, 5.41) is 16.4. The van der Waals surface area contributed by atoms with E-state index in [-0.39, 0.29) is 12.6 Å². The predicted molar refractivity (Wildman–Crippen MR) is 84.9 cm³/mol. The van der Waals surface area contributed by atoms with Crippen molar-refractivity contribution in [2.24, 2.45) is 5.11 Å². The van der Waals surface area contributed by atoms with Crippen molar-refractivity contribution < 1.29 is 9.84 Å².